The van der Waals surface area contributed by atoms with Crippen LogP contribution in [0.1, 0.15) is 51.1 Å². The molecule has 0 radical (unpaired) electrons. The van der Waals surface area contributed by atoms with Gasteiger partial charge in [0.15, 0.2) is 5.69 Å². The standard InChI is InChI=1S/C23H28F4N4O2/c1-14-13-31(21(32)33-22(2,3)4)10-9-17(14)30-20-18(11-15-5-7-16(24)8-6-15)29-19(12-28-20)23(25,26)27/h5-8,12,14,17H,9-11,13H2,1-4H3,(H,28,30). The van der Waals surface area contributed by atoms with E-state index in [2.05, 4.69) is 15.3 Å². The summed E-state index contributed by atoms with van der Waals surface area (Å²) in [6.07, 6.45) is -3.69. The summed E-state index contributed by atoms with van der Waals surface area (Å²) < 4.78 is 58.3. The number of piperidine rings is 1. The molecule has 2 unspecified atom stereocenters. The number of aromatic nitrogens is 2. The molecule has 3 rings (SSSR count). The molecule has 1 saturated heterocycles. The maximum Gasteiger partial charge on any atom is 0.434 e. The molecule has 1 aromatic heterocycles. The first-order valence-electron chi connectivity index (χ1n) is 10.7. The van der Waals surface area contributed by atoms with Gasteiger partial charge in [0.25, 0.3) is 0 Å². The lowest BCUT2D eigenvalue weighted by Gasteiger charge is -2.38. The van der Waals surface area contributed by atoms with Crippen molar-refractivity contribution < 1.29 is 27.1 Å². The van der Waals surface area contributed by atoms with Gasteiger partial charge in [0.05, 0.1) is 11.9 Å². The van der Waals surface area contributed by atoms with Gasteiger partial charge in [-0.25, -0.2) is 19.2 Å². The fraction of sp³-hybridized carbons (Fsp3) is 0.522. The number of amides is 1. The average molecular weight is 468 g/mol. The van der Waals surface area contributed by atoms with Crippen molar-refractivity contribution in [2.75, 3.05) is 18.4 Å². The molecule has 0 spiro atoms. The summed E-state index contributed by atoms with van der Waals surface area (Å²) in [6, 6.07) is 5.38. The molecule has 2 aromatic rings. The first-order chi connectivity index (χ1) is 15.3. The van der Waals surface area contributed by atoms with E-state index in [9.17, 15) is 22.4 Å². The number of likely N-dealkylation sites (tertiary alicyclic amines) is 1. The molecule has 0 aliphatic carbocycles. The molecule has 1 N–H and O–H groups in total. The molecule has 0 bridgehead atoms. The third-order valence-corrected chi connectivity index (χ3v) is 5.30. The van der Waals surface area contributed by atoms with Crippen LogP contribution in [0.2, 0.25) is 0 Å². The maximum atomic E-state index is 13.2. The molecular formula is C23H28F4N4O2. The van der Waals surface area contributed by atoms with Gasteiger partial charge in [-0.05, 0) is 50.8 Å². The maximum absolute atomic E-state index is 13.2. The van der Waals surface area contributed by atoms with E-state index in [0.29, 0.717) is 31.3 Å². The van der Waals surface area contributed by atoms with Crippen LogP contribution in [-0.4, -0.2) is 45.7 Å². The molecule has 33 heavy (non-hydrogen) atoms. The summed E-state index contributed by atoms with van der Waals surface area (Å²) in [5.41, 5.74) is -0.947. The molecule has 1 fully saturated rings. The largest absolute Gasteiger partial charge is 0.444 e. The summed E-state index contributed by atoms with van der Waals surface area (Å²) in [7, 11) is 0. The Morgan fingerprint density at radius 1 is 1.21 bits per heavy atom. The Morgan fingerprint density at radius 2 is 1.88 bits per heavy atom. The van der Waals surface area contributed by atoms with Crippen LogP contribution in [0.15, 0.2) is 30.5 Å². The lowest BCUT2D eigenvalue weighted by molar-refractivity contribution is -0.141. The molecule has 6 nitrogen and oxygen atoms in total. The van der Waals surface area contributed by atoms with Gasteiger partial charge in [0.2, 0.25) is 0 Å². The molecule has 2 heterocycles. The monoisotopic (exact) mass is 468 g/mol. The van der Waals surface area contributed by atoms with Crippen molar-refractivity contribution in [1.29, 1.82) is 0 Å². The van der Waals surface area contributed by atoms with Crippen molar-refractivity contribution in [2.24, 2.45) is 5.92 Å². The van der Waals surface area contributed by atoms with Crippen molar-refractivity contribution in [3.63, 3.8) is 0 Å². The Labute approximate surface area is 190 Å². The zero-order valence-electron chi connectivity index (χ0n) is 19.0. The fourth-order valence-corrected chi connectivity index (χ4v) is 3.63. The minimum absolute atomic E-state index is 0.00553. The van der Waals surface area contributed by atoms with E-state index in [0.717, 1.165) is 0 Å². The van der Waals surface area contributed by atoms with E-state index in [1.165, 1.54) is 24.3 Å². The molecule has 1 aliphatic heterocycles. The highest BCUT2D eigenvalue weighted by molar-refractivity contribution is 5.68. The number of nitrogens with one attached hydrogen (secondary N) is 1. The normalized spacial score (nSPS) is 19.3. The van der Waals surface area contributed by atoms with E-state index in [1.54, 1.807) is 25.7 Å². The number of carbonyl (C=O) groups is 1. The summed E-state index contributed by atoms with van der Waals surface area (Å²) >= 11 is 0. The van der Waals surface area contributed by atoms with Crippen molar-refractivity contribution >= 4 is 11.9 Å². The summed E-state index contributed by atoms with van der Waals surface area (Å²) in [6.45, 7) is 8.23. The van der Waals surface area contributed by atoms with Gasteiger partial charge >= 0.3 is 12.3 Å². The van der Waals surface area contributed by atoms with E-state index in [1.807, 2.05) is 6.92 Å². The third-order valence-electron chi connectivity index (χ3n) is 5.30. The summed E-state index contributed by atoms with van der Waals surface area (Å²) in [4.78, 5) is 21.8. The van der Waals surface area contributed by atoms with Crippen LogP contribution in [0.25, 0.3) is 0 Å². The second-order valence-electron chi connectivity index (χ2n) is 9.29. The number of rotatable bonds is 4. The van der Waals surface area contributed by atoms with Crippen LogP contribution in [0.3, 0.4) is 0 Å². The highest BCUT2D eigenvalue weighted by atomic mass is 19.4. The zero-order chi connectivity index (χ0) is 24.4. The molecule has 2 atom stereocenters. The lowest BCUT2D eigenvalue weighted by Crippen LogP contribution is -2.49. The van der Waals surface area contributed by atoms with Gasteiger partial charge in [-0.2, -0.15) is 13.2 Å². The highest BCUT2D eigenvalue weighted by Crippen LogP contribution is 2.30. The molecule has 10 heteroatoms. The van der Waals surface area contributed by atoms with Crippen LogP contribution in [0.5, 0.6) is 0 Å². The number of alkyl halides is 3. The summed E-state index contributed by atoms with van der Waals surface area (Å²) in [5.74, 6) is -0.193. The number of halogens is 4. The average Bonchev–Trinajstić information content (AvgIpc) is 2.70. The van der Waals surface area contributed by atoms with Crippen LogP contribution >= 0.6 is 0 Å². The molecule has 1 aliphatic rings. The van der Waals surface area contributed by atoms with Crippen LogP contribution in [0.4, 0.5) is 28.2 Å². The highest BCUT2D eigenvalue weighted by Gasteiger charge is 2.35. The van der Waals surface area contributed by atoms with Crippen molar-refractivity contribution in [1.82, 2.24) is 14.9 Å². The Hall–Kier alpha value is -2.91. The minimum Gasteiger partial charge on any atom is -0.444 e. The third kappa shape index (κ3) is 6.79. The number of hydrogen-bond acceptors (Lipinski definition) is 5. The van der Waals surface area contributed by atoms with Crippen molar-refractivity contribution in [3.8, 4) is 0 Å². The number of anilines is 1. The Bertz CT molecular complexity index is 974. The fourth-order valence-electron chi connectivity index (χ4n) is 3.63. The summed E-state index contributed by atoms with van der Waals surface area (Å²) in [5, 5.41) is 3.22. The van der Waals surface area contributed by atoms with Gasteiger partial charge < -0.3 is 15.0 Å². The zero-order valence-corrected chi connectivity index (χ0v) is 19.0. The van der Waals surface area contributed by atoms with E-state index in [4.69, 9.17) is 4.74 Å². The Morgan fingerprint density at radius 3 is 2.45 bits per heavy atom. The number of ether oxygens (including phenoxy) is 1. The van der Waals surface area contributed by atoms with Gasteiger partial charge in [-0.3, -0.25) is 0 Å². The number of benzene rings is 1. The topological polar surface area (TPSA) is 67.3 Å². The van der Waals surface area contributed by atoms with Gasteiger partial charge in [0.1, 0.15) is 17.2 Å². The SMILES string of the molecule is CC1CN(C(=O)OC(C)(C)C)CCC1Nc1ncc(C(F)(F)F)nc1Cc1ccc(F)cc1. The number of carbonyl (C=O) groups excluding carboxylic acids is 1. The Kier molecular flexibility index (Phi) is 7.14. The van der Waals surface area contributed by atoms with Gasteiger partial charge in [-0.15, -0.1) is 0 Å². The number of hydrogen-bond donors (Lipinski definition) is 1. The van der Waals surface area contributed by atoms with Crippen LogP contribution in [-0.2, 0) is 17.3 Å². The molecule has 1 amide bonds. The predicted molar refractivity (Wildman–Crippen MR) is 115 cm³/mol. The molecular weight excluding hydrogens is 440 g/mol. The van der Waals surface area contributed by atoms with Gasteiger partial charge in [-0.1, -0.05) is 19.1 Å². The quantitative estimate of drug-likeness (QED) is 0.619. The second kappa shape index (κ2) is 9.52. The molecule has 180 valence electrons. The van der Waals surface area contributed by atoms with E-state index >= 15 is 0 Å². The Balaban J connectivity index is 1.77. The number of nitrogens with zero attached hydrogens (tertiary/aromatic N) is 3. The van der Waals surface area contributed by atoms with Crippen molar-refractivity contribution in [3.05, 3.63) is 53.2 Å². The van der Waals surface area contributed by atoms with Crippen molar-refractivity contribution in [2.45, 2.75) is 58.4 Å². The first-order valence-corrected chi connectivity index (χ1v) is 10.7. The second-order valence-corrected chi connectivity index (χ2v) is 9.29. The smallest absolute Gasteiger partial charge is 0.434 e. The molecule has 1 aromatic carbocycles. The van der Waals surface area contributed by atoms with E-state index < -0.39 is 23.3 Å². The predicted octanol–water partition coefficient (Wildman–Crippen LogP) is 5.28. The van der Waals surface area contributed by atoms with E-state index in [-0.39, 0.29) is 36.0 Å². The van der Waals surface area contributed by atoms with Crippen LogP contribution < -0.4 is 5.32 Å². The lowest BCUT2D eigenvalue weighted by atomic mass is 9.94. The minimum atomic E-state index is -4.63. The van der Waals surface area contributed by atoms with Crippen LogP contribution in [0, 0.1) is 11.7 Å². The molecule has 0 saturated carbocycles. The van der Waals surface area contributed by atoms with Gasteiger partial charge in [0, 0.05) is 25.6 Å². The first kappa shape index (κ1) is 24.7.